The van der Waals surface area contributed by atoms with Crippen molar-refractivity contribution in [2.24, 2.45) is 5.14 Å². The summed E-state index contributed by atoms with van der Waals surface area (Å²) >= 11 is 5.99. The summed E-state index contributed by atoms with van der Waals surface area (Å²) in [5.41, 5.74) is 0.131. The number of anilines is 1. The van der Waals surface area contributed by atoms with Gasteiger partial charge in [-0.05, 0) is 54.6 Å². The first-order chi connectivity index (χ1) is 13.1. The molecule has 0 aromatic heterocycles. The van der Waals surface area contributed by atoms with Gasteiger partial charge in [-0.2, -0.15) is 0 Å². The van der Waals surface area contributed by atoms with Gasteiger partial charge < -0.3 is 4.74 Å². The fraction of sp³-hybridized carbons (Fsp3) is 0. The lowest BCUT2D eigenvalue weighted by molar-refractivity contribution is 0.485. The number of nitrogens with two attached hydrogens (primary N) is 1. The summed E-state index contributed by atoms with van der Waals surface area (Å²) in [6, 6.07) is 17.9. The van der Waals surface area contributed by atoms with Crippen LogP contribution in [0.4, 0.5) is 5.69 Å². The van der Waals surface area contributed by atoms with Crippen LogP contribution < -0.4 is 14.6 Å². The van der Waals surface area contributed by atoms with Crippen molar-refractivity contribution < 1.29 is 21.6 Å². The Morgan fingerprint density at radius 2 is 1.43 bits per heavy atom. The van der Waals surface area contributed by atoms with Crippen molar-refractivity contribution in [2.75, 3.05) is 4.72 Å². The summed E-state index contributed by atoms with van der Waals surface area (Å²) in [6.07, 6.45) is 0. The van der Waals surface area contributed by atoms with Crippen molar-refractivity contribution in [1.29, 1.82) is 0 Å². The molecule has 0 saturated carbocycles. The second-order valence-corrected chi connectivity index (χ2v) is 9.36. The Hall–Kier alpha value is -2.59. The van der Waals surface area contributed by atoms with Gasteiger partial charge in [-0.15, -0.1) is 0 Å². The number of hydrogen-bond acceptors (Lipinski definition) is 5. The van der Waals surface area contributed by atoms with E-state index in [0.717, 1.165) is 24.3 Å². The van der Waals surface area contributed by atoms with Gasteiger partial charge in [0.2, 0.25) is 10.0 Å². The van der Waals surface area contributed by atoms with Gasteiger partial charge in [-0.3, -0.25) is 4.72 Å². The van der Waals surface area contributed by atoms with Crippen molar-refractivity contribution >= 4 is 37.3 Å². The Morgan fingerprint density at radius 3 is 2.04 bits per heavy atom. The van der Waals surface area contributed by atoms with Gasteiger partial charge in [-0.25, -0.2) is 22.0 Å². The van der Waals surface area contributed by atoms with Crippen molar-refractivity contribution in [3.63, 3.8) is 0 Å². The van der Waals surface area contributed by atoms with E-state index in [9.17, 15) is 16.8 Å². The molecule has 0 atom stereocenters. The normalized spacial score (nSPS) is 11.8. The number of sulfonamides is 2. The molecule has 146 valence electrons. The molecular weight excluding hydrogens is 424 g/mol. The van der Waals surface area contributed by atoms with E-state index in [1.807, 2.05) is 6.07 Å². The second kappa shape index (κ2) is 7.80. The Kier molecular flexibility index (Phi) is 5.61. The number of nitrogens with one attached hydrogen (secondary N) is 1. The third-order valence-corrected chi connectivity index (χ3v) is 6.17. The first kappa shape index (κ1) is 20.2. The highest BCUT2D eigenvalue weighted by atomic mass is 35.5. The fourth-order valence-electron chi connectivity index (χ4n) is 2.30. The van der Waals surface area contributed by atoms with E-state index in [2.05, 4.69) is 4.72 Å². The molecule has 3 aromatic rings. The van der Waals surface area contributed by atoms with Gasteiger partial charge in [0.15, 0.2) is 5.75 Å². The van der Waals surface area contributed by atoms with Crippen molar-refractivity contribution in [3.8, 4) is 11.5 Å². The summed E-state index contributed by atoms with van der Waals surface area (Å²) in [4.78, 5) is -0.340. The molecule has 0 aliphatic heterocycles. The van der Waals surface area contributed by atoms with E-state index in [1.54, 1.807) is 30.3 Å². The highest BCUT2D eigenvalue weighted by Crippen LogP contribution is 2.33. The smallest absolute Gasteiger partial charge is 0.262 e. The van der Waals surface area contributed by atoms with Crippen LogP contribution in [0.5, 0.6) is 11.5 Å². The topological polar surface area (TPSA) is 116 Å². The maximum atomic E-state index is 12.7. The van der Waals surface area contributed by atoms with Crippen LogP contribution in [0.1, 0.15) is 0 Å². The van der Waals surface area contributed by atoms with Crippen LogP contribution in [0.15, 0.2) is 82.6 Å². The number of para-hydroxylation sites is 1. The van der Waals surface area contributed by atoms with Gasteiger partial charge in [0.25, 0.3) is 10.0 Å². The molecule has 0 aliphatic rings. The molecule has 0 saturated heterocycles. The van der Waals surface area contributed by atoms with Crippen molar-refractivity contribution in [3.05, 3.63) is 77.8 Å². The number of halogens is 1. The standard InChI is InChI=1S/C18H15ClN2O5S2/c19-13-6-11-18(26-14-4-2-1-3-5-14)17(12-13)21-28(24,25)16-9-7-15(8-10-16)27(20,22)23/h1-12,21H,(H2,20,22,23). The Morgan fingerprint density at radius 1 is 0.821 bits per heavy atom. The molecule has 0 aliphatic carbocycles. The molecule has 10 heteroatoms. The van der Waals surface area contributed by atoms with E-state index in [4.69, 9.17) is 21.5 Å². The zero-order valence-electron chi connectivity index (χ0n) is 14.2. The summed E-state index contributed by atoms with van der Waals surface area (Å²) in [7, 11) is -7.95. The van der Waals surface area contributed by atoms with Crippen LogP contribution in [0.3, 0.4) is 0 Å². The lowest BCUT2D eigenvalue weighted by Crippen LogP contribution is -2.15. The average Bonchev–Trinajstić information content (AvgIpc) is 2.64. The molecule has 3 aromatic carbocycles. The van der Waals surface area contributed by atoms with Crippen LogP contribution in [0, 0.1) is 0 Å². The largest absolute Gasteiger partial charge is 0.455 e. The zero-order chi connectivity index (χ0) is 20.4. The Balaban J connectivity index is 1.92. The predicted molar refractivity (Wildman–Crippen MR) is 107 cm³/mol. The predicted octanol–water partition coefficient (Wildman–Crippen LogP) is 3.58. The third kappa shape index (κ3) is 4.82. The molecule has 3 N–H and O–H groups in total. The molecule has 0 heterocycles. The highest BCUT2D eigenvalue weighted by molar-refractivity contribution is 7.92. The number of hydrogen-bond donors (Lipinski definition) is 2. The van der Waals surface area contributed by atoms with E-state index in [1.165, 1.54) is 12.1 Å². The minimum Gasteiger partial charge on any atom is -0.455 e. The van der Waals surface area contributed by atoms with E-state index < -0.39 is 20.0 Å². The first-order valence-corrected chi connectivity index (χ1v) is 11.2. The van der Waals surface area contributed by atoms with Crippen LogP contribution in [0.25, 0.3) is 0 Å². The van der Waals surface area contributed by atoms with Gasteiger partial charge in [-0.1, -0.05) is 29.8 Å². The zero-order valence-corrected chi connectivity index (χ0v) is 16.6. The summed E-state index contributed by atoms with van der Waals surface area (Å²) in [5, 5.41) is 5.33. The maximum Gasteiger partial charge on any atom is 0.262 e. The van der Waals surface area contributed by atoms with Crippen molar-refractivity contribution in [1.82, 2.24) is 0 Å². The molecule has 0 radical (unpaired) electrons. The number of primary sulfonamides is 1. The van der Waals surface area contributed by atoms with E-state index in [0.29, 0.717) is 10.8 Å². The van der Waals surface area contributed by atoms with Crippen LogP contribution in [0.2, 0.25) is 5.02 Å². The average molecular weight is 439 g/mol. The van der Waals surface area contributed by atoms with Gasteiger partial charge in [0.1, 0.15) is 5.75 Å². The third-order valence-electron chi connectivity index (χ3n) is 3.62. The molecule has 0 bridgehead atoms. The van der Waals surface area contributed by atoms with Crippen LogP contribution in [-0.4, -0.2) is 16.8 Å². The molecular formula is C18H15ClN2O5S2. The van der Waals surface area contributed by atoms with Crippen molar-refractivity contribution in [2.45, 2.75) is 9.79 Å². The van der Waals surface area contributed by atoms with Gasteiger partial charge in [0.05, 0.1) is 15.5 Å². The Labute approximate surface area is 167 Å². The highest BCUT2D eigenvalue weighted by Gasteiger charge is 2.18. The molecule has 0 fully saturated rings. The van der Waals surface area contributed by atoms with Gasteiger partial charge >= 0.3 is 0 Å². The van der Waals surface area contributed by atoms with Gasteiger partial charge in [0, 0.05) is 5.02 Å². The number of ether oxygens (including phenoxy) is 1. The fourth-order valence-corrected chi connectivity index (χ4v) is 4.05. The lowest BCUT2D eigenvalue weighted by Gasteiger charge is -2.14. The van der Waals surface area contributed by atoms with Crippen LogP contribution >= 0.6 is 11.6 Å². The number of benzene rings is 3. The molecule has 0 spiro atoms. The minimum atomic E-state index is -4.03. The summed E-state index contributed by atoms with van der Waals surface area (Å²) in [6.45, 7) is 0. The minimum absolute atomic E-state index is 0.131. The van der Waals surface area contributed by atoms with E-state index in [-0.39, 0.29) is 21.2 Å². The van der Waals surface area contributed by atoms with Crippen LogP contribution in [-0.2, 0) is 20.0 Å². The lowest BCUT2D eigenvalue weighted by atomic mass is 10.3. The molecule has 0 unspecified atom stereocenters. The summed E-state index contributed by atoms with van der Waals surface area (Å²) < 4.78 is 56.2. The maximum absolute atomic E-state index is 12.7. The molecule has 28 heavy (non-hydrogen) atoms. The first-order valence-electron chi connectivity index (χ1n) is 7.83. The monoisotopic (exact) mass is 438 g/mol. The van der Waals surface area contributed by atoms with E-state index >= 15 is 0 Å². The Bertz CT molecular complexity index is 1200. The molecule has 7 nitrogen and oxygen atoms in total. The summed E-state index contributed by atoms with van der Waals surface area (Å²) in [5.74, 6) is 0.767. The SMILES string of the molecule is NS(=O)(=O)c1ccc(S(=O)(=O)Nc2cc(Cl)ccc2Oc2ccccc2)cc1. The molecule has 3 rings (SSSR count). The molecule has 0 amide bonds. The quantitative estimate of drug-likeness (QED) is 0.610. The number of rotatable bonds is 6. The second-order valence-electron chi connectivity index (χ2n) is 5.68.